The lowest BCUT2D eigenvalue weighted by atomic mass is 10.1. The monoisotopic (exact) mass is 396 g/mol. The summed E-state index contributed by atoms with van der Waals surface area (Å²) < 4.78 is 26.9. The van der Waals surface area contributed by atoms with Gasteiger partial charge in [-0.05, 0) is 38.1 Å². The lowest BCUT2D eigenvalue weighted by molar-refractivity contribution is 0.0993. The van der Waals surface area contributed by atoms with E-state index in [1.54, 1.807) is 31.2 Å². The Morgan fingerprint density at radius 3 is 2.90 bits per heavy atom. The van der Waals surface area contributed by atoms with Gasteiger partial charge >= 0.3 is 0 Å². The molecule has 0 spiro atoms. The molecule has 1 aromatic carbocycles. The number of alkyl halides is 1. The minimum atomic E-state index is -1.88. The molecule has 8 nitrogen and oxygen atoms in total. The Labute approximate surface area is 165 Å². The molecule has 2 atom stereocenters. The highest BCUT2D eigenvalue weighted by Crippen LogP contribution is 2.36. The molecule has 0 bridgehead atoms. The topological polar surface area (TPSA) is 116 Å². The maximum atomic E-state index is 15.1. The molecule has 2 aromatic heterocycles. The number of benzene rings is 1. The number of nitrogens with zero attached hydrogens (tertiary/aromatic N) is 3. The van der Waals surface area contributed by atoms with E-state index in [1.165, 1.54) is 17.7 Å². The number of amides is 1. The minimum absolute atomic E-state index is 0.0509. The first kappa shape index (κ1) is 18.7. The highest BCUT2D eigenvalue weighted by atomic mass is 19.1. The first-order valence-corrected chi connectivity index (χ1v) is 8.74. The van der Waals surface area contributed by atoms with Crippen LogP contribution in [0.3, 0.4) is 0 Å². The van der Waals surface area contributed by atoms with Crippen LogP contribution in [0.5, 0.6) is 5.75 Å². The van der Waals surface area contributed by atoms with Gasteiger partial charge in [0.2, 0.25) is 0 Å². The smallest absolute Gasteiger partial charge is 0.269 e. The summed E-state index contributed by atoms with van der Waals surface area (Å²) in [6, 6.07) is 7.84. The average Bonchev–Trinajstić information content (AvgIpc) is 3.30. The Morgan fingerprint density at radius 2 is 2.21 bits per heavy atom. The number of nitrogens with two attached hydrogens (primary N) is 1. The van der Waals surface area contributed by atoms with Crippen molar-refractivity contribution >= 4 is 5.91 Å². The lowest BCUT2D eigenvalue weighted by Gasteiger charge is -2.17. The number of carbonyl (C=O) groups excluding carboxylic acids is 1. The number of aliphatic hydroxyl groups is 1. The van der Waals surface area contributed by atoms with Crippen molar-refractivity contribution in [3.8, 4) is 23.3 Å². The van der Waals surface area contributed by atoms with Crippen LogP contribution in [0.15, 0.2) is 34.9 Å². The van der Waals surface area contributed by atoms with Crippen molar-refractivity contribution in [2.75, 3.05) is 6.61 Å². The third-order valence-electron chi connectivity index (χ3n) is 4.46. The molecule has 0 fully saturated rings. The van der Waals surface area contributed by atoms with Crippen LogP contribution in [0.1, 0.15) is 46.2 Å². The second-order valence-electron chi connectivity index (χ2n) is 6.89. The fourth-order valence-corrected chi connectivity index (χ4v) is 2.97. The molecule has 2 unspecified atom stereocenters. The van der Waals surface area contributed by atoms with E-state index in [2.05, 4.69) is 22.1 Å². The largest absolute Gasteiger partial charge is 0.488 e. The number of rotatable bonds is 2. The van der Waals surface area contributed by atoms with Gasteiger partial charge in [-0.1, -0.05) is 17.0 Å². The summed E-state index contributed by atoms with van der Waals surface area (Å²) in [7, 11) is 0. The summed E-state index contributed by atoms with van der Waals surface area (Å²) in [5.41, 5.74) is 4.76. The molecule has 0 saturated carbocycles. The highest BCUT2D eigenvalue weighted by molar-refractivity contribution is 5.91. The zero-order valence-corrected chi connectivity index (χ0v) is 15.6. The number of hydrogen-bond acceptors (Lipinski definition) is 6. The van der Waals surface area contributed by atoms with Crippen molar-refractivity contribution in [1.82, 2.24) is 14.9 Å². The molecule has 0 aliphatic carbocycles. The van der Waals surface area contributed by atoms with E-state index >= 15 is 4.39 Å². The van der Waals surface area contributed by atoms with Crippen molar-refractivity contribution in [2.45, 2.75) is 25.6 Å². The third-order valence-corrected chi connectivity index (χ3v) is 4.46. The van der Waals surface area contributed by atoms with E-state index in [0.29, 0.717) is 28.5 Å². The predicted octanol–water partition coefficient (Wildman–Crippen LogP) is 1.93. The van der Waals surface area contributed by atoms with Gasteiger partial charge in [-0.15, -0.1) is 0 Å². The van der Waals surface area contributed by atoms with Crippen LogP contribution in [0.4, 0.5) is 4.39 Å². The summed E-state index contributed by atoms with van der Waals surface area (Å²) >= 11 is 0. The number of aromatic nitrogens is 3. The Bertz CT molecular complexity index is 1170. The summed E-state index contributed by atoms with van der Waals surface area (Å²) in [4.78, 5) is 11.5. The van der Waals surface area contributed by atoms with Gasteiger partial charge in [-0.3, -0.25) is 4.79 Å². The van der Waals surface area contributed by atoms with Crippen LogP contribution in [0, 0.1) is 18.8 Å². The molecule has 3 heterocycles. The van der Waals surface area contributed by atoms with Crippen molar-refractivity contribution in [1.29, 1.82) is 0 Å². The van der Waals surface area contributed by atoms with Gasteiger partial charge in [-0.2, -0.15) is 5.10 Å². The molecule has 1 aliphatic heterocycles. The van der Waals surface area contributed by atoms with Crippen LogP contribution < -0.4 is 10.5 Å². The van der Waals surface area contributed by atoms with Crippen LogP contribution in [0.2, 0.25) is 0 Å². The zero-order chi connectivity index (χ0) is 20.8. The predicted molar refractivity (Wildman–Crippen MR) is 99.1 cm³/mol. The van der Waals surface area contributed by atoms with Gasteiger partial charge < -0.3 is 20.1 Å². The van der Waals surface area contributed by atoms with Gasteiger partial charge in [0.05, 0.1) is 5.69 Å². The quantitative estimate of drug-likeness (QED) is 0.640. The van der Waals surface area contributed by atoms with Gasteiger partial charge in [0.15, 0.2) is 17.5 Å². The molecule has 0 radical (unpaired) electrons. The van der Waals surface area contributed by atoms with E-state index in [4.69, 9.17) is 15.0 Å². The van der Waals surface area contributed by atoms with Gasteiger partial charge in [0, 0.05) is 11.6 Å². The highest BCUT2D eigenvalue weighted by Gasteiger charge is 2.36. The van der Waals surface area contributed by atoms with Crippen LogP contribution in [0.25, 0.3) is 5.69 Å². The number of fused-ring (bicyclic) bond motifs is 3. The van der Waals surface area contributed by atoms with E-state index in [0.717, 1.165) is 0 Å². The Hall–Kier alpha value is -3.64. The van der Waals surface area contributed by atoms with E-state index in [-0.39, 0.29) is 18.0 Å². The summed E-state index contributed by atoms with van der Waals surface area (Å²) in [5, 5.41) is 18.0. The second kappa shape index (κ2) is 6.76. The number of aliphatic hydroxyl groups excluding tert-OH is 1. The maximum absolute atomic E-state index is 15.1. The van der Waals surface area contributed by atoms with E-state index in [1.807, 2.05) is 0 Å². The molecule has 9 heteroatoms. The molecule has 1 aliphatic rings. The molecule has 3 N–H and O–H groups in total. The number of halogens is 1. The summed E-state index contributed by atoms with van der Waals surface area (Å²) in [6.07, 6.45) is -1.13. The van der Waals surface area contributed by atoms with Gasteiger partial charge in [0.25, 0.3) is 5.91 Å². The van der Waals surface area contributed by atoms with Crippen molar-refractivity contribution in [3.63, 3.8) is 0 Å². The number of primary amides is 1. The van der Waals surface area contributed by atoms with Crippen molar-refractivity contribution in [3.05, 3.63) is 58.7 Å². The Kier molecular flexibility index (Phi) is 4.36. The summed E-state index contributed by atoms with van der Waals surface area (Å²) in [6.45, 7) is 2.80. The molecular formula is C20H17FN4O4. The molecule has 4 rings (SSSR count). The minimum Gasteiger partial charge on any atom is -0.488 e. The second-order valence-corrected chi connectivity index (χ2v) is 6.89. The van der Waals surface area contributed by atoms with Crippen LogP contribution in [-0.4, -0.2) is 32.6 Å². The van der Waals surface area contributed by atoms with Crippen LogP contribution >= 0.6 is 0 Å². The van der Waals surface area contributed by atoms with Crippen molar-refractivity contribution < 1.29 is 23.6 Å². The Balaban J connectivity index is 1.75. The Morgan fingerprint density at radius 1 is 1.41 bits per heavy atom. The van der Waals surface area contributed by atoms with E-state index < -0.39 is 17.7 Å². The fourth-order valence-electron chi connectivity index (χ4n) is 2.97. The number of carbonyl (C=O) groups is 1. The van der Waals surface area contributed by atoms with Crippen molar-refractivity contribution in [2.24, 2.45) is 5.73 Å². The summed E-state index contributed by atoms with van der Waals surface area (Å²) in [5.74, 6) is 5.70. The number of hydrogen-bond donors (Lipinski definition) is 2. The third kappa shape index (κ3) is 3.46. The fraction of sp³-hybridized carbons (Fsp3) is 0.250. The first-order valence-electron chi connectivity index (χ1n) is 8.74. The maximum Gasteiger partial charge on any atom is 0.269 e. The molecule has 3 aromatic rings. The first-order chi connectivity index (χ1) is 13.7. The van der Waals surface area contributed by atoms with Gasteiger partial charge in [-0.25, -0.2) is 9.07 Å². The number of aryl methyl sites for hydroxylation is 1. The van der Waals surface area contributed by atoms with Crippen LogP contribution in [-0.2, 0) is 5.67 Å². The molecule has 29 heavy (non-hydrogen) atoms. The van der Waals surface area contributed by atoms with Gasteiger partial charge in [0.1, 0.15) is 29.5 Å². The molecule has 1 amide bonds. The molecular weight excluding hydrogens is 379 g/mol. The molecule has 148 valence electrons. The SMILES string of the molecule is Cc1cc(C(O)C#Cc2ccc3c(c2)-n2nc(C(N)=O)cc2C(C)(F)CO3)no1. The number of ether oxygens (including phenoxy) is 1. The zero-order valence-electron chi connectivity index (χ0n) is 15.6. The lowest BCUT2D eigenvalue weighted by Crippen LogP contribution is -2.25. The average molecular weight is 396 g/mol. The molecule has 0 saturated heterocycles. The standard InChI is InChI=1S/C20H17FN4O4/c1-11-7-13(24-29-11)16(26)5-3-12-4-6-17-15(8-12)25-18(20(2,21)10-28-17)9-14(23-25)19(22)27/h4,6-9,16,26H,10H2,1-2H3,(H2,22,27). The normalized spacial score (nSPS) is 18.5. The van der Waals surface area contributed by atoms with E-state index in [9.17, 15) is 9.90 Å².